The molecule has 9 nitrogen and oxygen atoms in total. The summed E-state index contributed by atoms with van der Waals surface area (Å²) in [6.07, 6.45) is -1.62. The van der Waals surface area contributed by atoms with Gasteiger partial charge in [0.2, 0.25) is 0 Å². The molecule has 35 heavy (non-hydrogen) atoms. The molecular formula is C25H29FN4O5. The number of carbonyl (C=O) groups is 3. The fraction of sp³-hybridized carbons (Fsp3) is 0.320. The maximum Gasteiger partial charge on any atom is 0.404 e. The highest BCUT2D eigenvalue weighted by molar-refractivity contribution is 5.98. The maximum absolute atomic E-state index is 13.2. The summed E-state index contributed by atoms with van der Waals surface area (Å²) >= 11 is 0. The molecule has 1 unspecified atom stereocenters. The Morgan fingerprint density at radius 1 is 0.914 bits per heavy atom. The molecule has 2 atom stereocenters. The van der Waals surface area contributed by atoms with Crippen molar-refractivity contribution in [3.63, 3.8) is 0 Å². The molecule has 2 aromatic carbocycles. The lowest BCUT2D eigenvalue weighted by Crippen LogP contribution is -2.45. The molecular weight excluding hydrogens is 455 g/mol. The van der Waals surface area contributed by atoms with E-state index in [4.69, 9.17) is 10.2 Å². The Morgan fingerprint density at radius 2 is 1.57 bits per heavy atom. The molecule has 186 valence electrons. The third kappa shape index (κ3) is 7.20. The molecule has 3 aromatic rings. The van der Waals surface area contributed by atoms with Crippen molar-refractivity contribution < 1.29 is 29.0 Å². The van der Waals surface area contributed by atoms with Crippen LogP contribution < -0.4 is 16.0 Å². The molecule has 0 spiro atoms. The summed E-state index contributed by atoms with van der Waals surface area (Å²) in [4.78, 5) is 38.0. The number of aromatic nitrogens is 1. The summed E-state index contributed by atoms with van der Waals surface area (Å²) in [5, 5.41) is 26.5. The van der Waals surface area contributed by atoms with Crippen molar-refractivity contribution >= 4 is 29.0 Å². The summed E-state index contributed by atoms with van der Waals surface area (Å²) in [5.41, 5.74) is 2.76. The lowest BCUT2D eigenvalue weighted by Gasteiger charge is -2.24. The minimum atomic E-state index is -1.23. The van der Waals surface area contributed by atoms with Crippen molar-refractivity contribution in [3.05, 3.63) is 60.0 Å². The minimum Gasteiger partial charge on any atom is -0.465 e. The van der Waals surface area contributed by atoms with Crippen LogP contribution in [0.1, 0.15) is 37.2 Å². The largest absolute Gasteiger partial charge is 0.465 e. The van der Waals surface area contributed by atoms with Crippen LogP contribution >= 0.6 is 0 Å². The first-order valence-corrected chi connectivity index (χ1v) is 11.3. The van der Waals surface area contributed by atoms with Crippen molar-refractivity contribution in [2.24, 2.45) is 5.92 Å². The Balaban J connectivity index is 1.66. The van der Waals surface area contributed by atoms with E-state index in [0.717, 1.165) is 22.0 Å². The molecule has 3 amide bonds. The van der Waals surface area contributed by atoms with Crippen molar-refractivity contribution in [2.75, 3.05) is 6.54 Å². The van der Waals surface area contributed by atoms with Crippen LogP contribution in [-0.2, 0) is 0 Å². The Bertz CT molecular complexity index is 1190. The van der Waals surface area contributed by atoms with Gasteiger partial charge in [0.05, 0.1) is 0 Å². The summed E-state index contributed by atoms with van der Waals surface area (Å²) in [5.74, 6) is -0.690. The van der Waals surface area contributed by atoms with Gasteiger partial charge in [-0.15, -0.1) is 0 Å². The number of carbonyl (C=O) groups excluding carboxylic acids is 1. The molecule has 0 aliphatic heterocycles. The van der Waals surface area contributed by atoms with Gasteiger partial charge in [-0.1, -0.05) is 38.1 Å². The van der Waals surface area contributed by atoms with Crippen molar-refractivity contribution in [2.45, 2.75) is 38.8 Å². The van der Waals surface area contributed by atoms with Crippen LogP contribution in [0.15, 0.2) is 48.5 Å². The number of amides is 3. The third-order valence-electron chi connectivity index (χ3n) is 5.82. The number of benzene rings is 2. The van der Waals surface area contributed by atoms with E-state index in [1.807, 2.05) is 32.0 Å². The van der Waals surface area contributed by atoms with Gasteiger partial charge in [-0.2, -0.15) is 0 Å². The van der Waals surface area contributed by atoms with Crippen LogP contribution in [-0.4, -0.2) is 51.9 Å². The van der Waals surface area contributed by atoms with Gasteiger partial charge < -0.3 is 31.1 Å². The molecule has 0 aliphatic carbocycles. The number of halogens is 1. The number of aromatic amines is 1. The fourth-order valence-electron chi connectivity index (χ4n) is 3.89. The summed E-state index contributed by atoms with van der Waals surface area (Å²) in [6.45, 7) is 3.79. The zero-order valence-corrected chi connectivity index (χ0v) is 19.5. The van der Waals surface area contributed by atoms with Crippen LogP contribution in [0, 0.1) is 11.7 Å². The predicted molar refractivity (Wildman–Crippen MR) is 130 cm³/mol. The second-order valence-electron chi connectivity index (χ2n) is 8.73. The number of nitrogens with one attached hydrogen (secondary N) is 4. The van der Waals surface area contributed by atoms with Gasteiger partial charge >= 0.3 is 12.2 Å². The van der Waals surface area contributed by atoms with Crippen LogP contribution in [0.5, 0.6) is 0 Å². The number of rotatable bonds is 10. The Kier molecular flexibility index (Phi) is 8.30. The van der Waals surface area contributed by atoms with Gasteiger partial charge in [0.15, 0.2) is 0 Å². The average Bonchev–Trinajstić information content (AvgIpc) is 3.23. The van der Waals surface area contributed by atoms with Crippen molar-refractivity contribution in [1.82, 2.24) is 20.9 Å². The standard InChI is InChI=1S/C25H29FN4O5/c1-14(2)20(30-25(34)35)10-9-19(28-24(32)33)13-27-23(31)22-12-17-4-3-16(11-21(17)29-22)15-5-7-18(26)8-6-15/h3-8,11-12,14,19-20,28-30H,9-10,13H2,1-2H3,(H,27,31)(H,32,33)(H,34,35)/t19-,20?/m0/s1. The van der Waals surface area contributed by atoms with Gasteiger partial charge in [0.1, 0.15) is 11.5 Å². The van der Waals surface area contributed by atoms with Crippen LogP contribution in [0.4, 0.5) is 14.0 Å². The fourth-order valence-corrected chi connectivity index (χ4v) is 3.89. The first-order chi connectivity index (χ1) is 16.6. The zero-order valence-electron chi connectivity index (χ0n) is 19.5. The number of carboxylic acid groups (broad SMARTS) is 2. The SMILES string of the molecule is CC(C)C(CC[C@@H](CNC(=O)c1cc2ccc(-c3ccc(F)cc3)cc2[nH]1)NC(=O)O)NC(=O)O. The van der Waals surface area contributed by atoms with Gasteiger partial charge in [0, 0.05) is 29.5 Å². The molecule has 0 radical (unpaired) electrons. The summed E-state index contributed by atoms with van der Waals surface area (Å²) < 4.78 is 13.2. The lowest BCUT2D eigenvalue weighted by molar-refractivity contribution is 0.0943. The topological polar surface area (TPSA) is 144 Å². The molecule has 1 aromatic heterocycles. The highest BCUT2D eigenvalue weighted by Crippen LogP contribution is 2.25. The second kappa shape index (κ2) is 11.4. The van der Waals surface area contributed by atoms with Gasteiger partial charge in [-0.3, -0.25) is 4.79 Å². The van der Waals surface area contributed by atoms with Crippen LogP contribution in [0.25, 0.3) is 22.0 Å². The van der Waals surface area contributed by atoms with E-state index in [9.17, 15) is 18.8 Å². The van der Waals surface area contributed by atoms with E-state index < -0.39 is 24.1 Å². The Morgan fingerprint density at radius 3 is 2.20 bits per heavy atom. The molecule has 0 aliphatic rings. The maximum atomic E-state index is 13.2. The molecule has 6 N–H and O–H groups in total. The molecule has 0 bridgehead atoms. The van der Waals surface area contributed by atoms with Crippen molar-refractivity contribution in [3.8, 4) is 11.1 Å². The van der Waals surface area contributed by atoms with E-state index in [1.54, 1.807) is 18.2 Å². The molecule has 3 rings (SSSR count). The first-order valence-electron chi connectivity index (χ1n) is 11.3. The predicted octanol–water partition coefficient (Wildman–Crippen LogP) is 4.41. The number of fused-ring (bicyclic) bond motifs is 1. The van der Waals surface area contributed by atoms with E-state index in [0.29, 0.717) is 18.5 Å². The zero-order chi connectivity index (χ0) is 25.5. The van der Waals surface area contributed by atoms with Gasteiger partial charge in [-0.05, 0) is 54.2 Å². The quantitative estimate of drug-likeness (QED) is 0.253. The van der Waals surface area contributed by atoms with E-state index in [1.165, 1.54) is 12.1 Å². The normalized spacial score (nSPS) is 12.8. The monoisotopic (exact) mass is 484 g/mol. The molecule has 0 saturated carbocycles. The highest BCUT2D eigenvalue weighted by atomic mass is 19.1. The molecule has 0 saturated heterocycles. The van der Waals surface area contributed by atoms with E-state index >= 15 is 0 Å². The van der Waals surface area contributed by atoms with Gasteiger partial charge in [-0.25, -0.2) is 14.0 Å². The van der Waals surface area contributed by atoms with E-state index in [-0.39, 0.29) is 24.3 Å². The molecule has 10 heteroatoms. The minimum absolute atomic E-state index is 0.0253. The number of H-pyrrole nitrogens is 1. The molecule has 0 fully saturated rings. The smallest absolute Gasteiger partial charge is 0.404 e. The number of hydrogen-bond donors (Lipinski definition) is 6. The Hall–Kier alpha value is -4.08. The molecule has 1 heterocycles. The van der Waals surface area contributed by atoms with Crippen LogP contribution in [0.3, 0.4) is 0 Å². The average molecular weight is 485 g/mol. The summed E-state index contributed by atoms with van der Waals surface area (Å²) in [7, 11) is 0. The van der Waals surface area contributed by atoms with Crippen LogP contribution in [0.2, 0.25) is 0 Å². The number of hydrogen-bond acceptors (Lipinski definition) is 3. The van der Waals surface area contributed by atoms with Crippen molar-refractivity contribution in [1.29, 1.82) is 0 Å². The lowest BCUT2D eigenvalue weighted by atomic mass is 9.97. The third-order valence-corrected chi connectivity index (χ3v) is 5.82. The second-order valence-corrected chi connectivity index (χ2v) is 8.73. The first kappa shape index (κ1) is 25.5. The highest BCUT2D eigenvalue weighted by Gasteiger charge is 2.20. The Labute approximate surface area is 201 Å². The van der Waals surface area contributed by atoms with Gasteiger partial charge in [0.25, 0.3) is 5.91 Å². The van der Waals surface area contributed by atoms with E-state index in [2.05, 4.69) is 20.9 Å². The summed E-state index contributed by atoms with van der Waals surface area (Å²) in [6, 6.07) is 12.5.